The Labute approximate surface area is 195 Å². The van der Waals surface area contributed by atoms with Gasteiger partial charge < -0.3 is 14.6 Å². The summed E-state index contributed by atoms with van der Waals surface area (Å²) in [5, 5.41) is 11.2. The molecule has 0 spiro atoms. The summed E-state index contributed by atoms with van der Waals surface area (Å²) in [5.74, 6) is -2.57. The highest BCUT2D eigenvalue weighted by molar-refractivity contribution is 7.51. The van der Waals surface area contributed by atoms with Crippen LogP contribution in [0.2, 0.25) is 0 Å². The van der Waals surface area contributed by atoms with Crippen molar-refractivity contribution >= 4 is 46.4 Å². The molecule has 0 fully saturated rings. The molecule has 3 atom stereocenters. The predicted molar refractivity (Wildman–Crippen MR) is 114 cm³/mol. The molecule has 0 amide bonds. The second-order valence-corrected chi connectivity index (χ2v) is 9.64. The van der Waals surface area contributed by atoms with Crippen LogP contribution in [-0.2, 0) is 28.1 Å². The van der Waals surface area contributed by atoms with Gasteiger partial charge in [-0.3, -0.25) is 9.59 Å². The Morgan fingerprint density at radius 2 is 1.82 bits per heavy atom. The van der Waals surface area contributed by atoms with Crippen molar-refractivity contribution in [2.75, 3.05) is 5.48 Å². The normalized spacial score (nSPS) is 15.5. The molecular weight excluding hydrogens is 508 g/mol. The van der Waals surface area contributed by atoms with Crippen LogP contribution in [0, 0.1) is 0 Å². The van der Waals surface area contributed by atoms with Gasteiger partial charge in [0.1, 0.15) is 17.8 Å². The Kier molecular flexibility index (Phi) is 9.22. The molecule has 2 aromatic rings. The van der Waals surface area contributed by atoms with Crippen LogP contribution in [0.3, 0.4) is 0 Å². The van der Waals surface area contributed by atoms with Crippen LogP contribution in [0.25, 0.3) is 10.2 Å². The van der Waals surface area contributed by atoms with E-state index in [2.05, 4.69) is 25.8 Å². The molecular formula is C17H22F3N4O8PS. The third-order valence-electron chi connectivity index (χ3n) is 3.62. The quantitative estimate of drug-likeness (QED) is 0.180. The number of carboxylic acid groups (broad SMARTS) is 1. The van der Waals surface area contributed by atoms with Crippen LogP contribution in [0.4, 0.5) is 18.3 Å². The summed E-state index contributed by atoms with van der Waals surface area (Å²) in [6.45, 7) is 5.75. The van der Waals surface area contributed by atoms with Crippen molar-refractivity contribution in [1.29, 1.82) is 0 Å². The minimum Gasteiger partial charge on any atom is -0.480 e. The number of ether oxygens (including phenoxy) is 2. The van der Waals surface area contributed by atoms with E-state index in [9.17, 15) is 27.3 Å². The van der Waals surface area contributed by atoms with E-state index in [1.807, 2.05) is 0 Å². The summed E-state index contributed by atoms with van der Waals surface area (Å²) in [5.41, 5.74) is 4.66. The Bertz CT molecular complexity index is 1070. The van der Waals surface area contributed by atoms with E-state index in [1.165, 1.54) is 13.0 Å². The number of aliphatic carboxylic acids is 1. The number of hydrogen-bond acceptors (Lipinski definition) is 11. The molecule has 0 aliphatic carbocycles. The van der Waals surface area contributed by atoms with Crippen LogP contribution in [0.5, 0.6) is 5.75 Å². The predicted octanol–water partition coefficient (Wildman–Crippen LogP) is 3.57. The number of hydroxylamine groups is 1. The molecule has 0 bridgehead atoms. The Morgan fingerprint density at radius 3 is 2.41 bits per heavy atom. The smallest absolute Gasteiger partial charge is 0.480 e. The minimum atomic E-state index is -4.87. The molecule has 1 heterocycles. The van der Waals surface area contributed by atoms with Crippen molar-refractivity contribution in [2.24, 2.45) is 0 Å². The number of carboxylic acids is 1. The van der Waals surface area contributed by atoms with Gasteiger partial charge in [-0.05, 0) is 39.8 Å². The lowest BCUT2D eigenvalue weighted by atomic mass is 10.3. The zero-order valence-corrected chi connectivity index (χ0v) is 19.9. The van der Waals surface area contributed by atoms with Gasteiger partial charge >= 0.3 is 26.0 Å². The van der Waals surface area contributed by atoms with Gasteiger partial charge in [0.05, 0.1) is 16.3 Å². The fraction of sp³-hybridized carbons (Fsp3) is 0.471. The molecule has 3 unspecified atom stereocenters. The van der Waals surface area contributed by atoms with E-state index in [0.29, 0.717) is 0 Å². The highest BCUT2D eigenvalue weighted by Gasteiger charge is 2.34. The van der Waals surface area contributed by atoms with Crippen molar-refractivity contribution in [2.45, 2.75) is 52.2 Å². The highest BCUT2D eigenvalue weighted by Crippen LogP contribution is 2.44. The molecule has 0 aliphatic heterocycles. The molecule has 17 heteroatoms. The number of carbonyl (C=O) groups excluding carboxylic acids is 1. The van der Waals surface area contributed by atoms with E-state index >= 15 is 0 Å². The first-order valence-electron chi connectivity index (χ1n) is 9.53. The average molecular weight is 530 g/mol. The lowest BCUT2D eigenvalue weighted by molar-refractivity contribution is -0.274. The number of nitrogens with zero attached hydrogens (tertiary/aromatic N) is 1. The Balaban J connectivity index is 2.13. The fourth-order valence-electron chi connectivity index (χ4n) is 2.14. The second-order valence-electron chi connectivity index (χ2n) is 6.99. The number of anilines is 1. The molecule has 190 valence electrons. The van der Waals surface area contributed by atoms with Crippen molar-refractivity contribution < 1.29 is 51.2 Å². The number of alkyl halides is 3. The molecule has 1 aromatic carbocycles. The summed E-state index contributed by atoms with van der Waals surface area (Å²) in [7, 11) is -4.47. The van der Waals surface area contributed by atoms with Crippen LogP contribution in [0.15, 0.2) is 18.2 Å². The van der Waals surface area contributed by atoms with Crippen LogP contribution in [0.1, 0.15) is 27.7 Å². The highest BCUT2D eigenvalue weighted by atomic mass is 32.1. The number of nitrogens with one attached hydrogen (secondary N) is 3. The lowest BCUT2D eigenvalue weighted by Crippen LogP contribution is -2.39. The molecule has 2 rings (SSSR count). The largest absolute Gasteiger partial charge is 0.573 e. The van der Waals surface area contributed by atoms with Gasteiger partial charge in [0.25, 0.3) is 0 Å². The van der Waals surface area contributed by atoms with E-state index in [1.54, 1.807) is 13.8 Å². The Morgan fingerprint density at radius 1 is 1.15 bits per heavy atom. The molecule has 1 aromatic heterocycles. The van der Waals surface area contributed by atoms with Crippen LogP contribution < -0.4 is 20.8 Å². The van der Waals surface area contributed by atoms with Gasteiger partial charge in [-0.25, -0.2) is 24.7 Å². The van der Waals surface area contributed by atoms with Crippen molar-refractivity contribution in [3.8, 4) is 5.75 Å². The number of halogens is 3. The van der Waals surface area contributed by atoms with Gasteiger partial charge in [0.2, 0.25) is 5.13 Å². The monoisotopic (exact) mass is 530 g/mol. The topological polar surface area (TPSA) is 157 Å². The van der Waals surface area contributed by atoms with E-state index in [-0.39, 0.29) is 15.3 Å². The minimum absolute atomic E-state index is 0.0416. The fourth-order valence-corrected chi connectivity index (χ4v) is 4.26. The Hall–Kier alpha value is -2.49. The maximum atomic E-state index is 13.0. The van der Waals surface area contributed by atoms with Crippen molar-refractivity contribution in [3.05, 3.63) is 18.2 Å². The molecule has 12 nitrogen and oxygen atoms in total. The first-order valence-corrected chi connectivity index (χ1v) is 11.9. The maximum Gasteiger partial charge on any atom is 0.573 e. The van der Waals surface area contributed by atoms with Gasteiger partial charge in [0, 0.05) is 6.07 Å². The van der Waals surface area contributed by atoms with Crippen LogP contribution in [-0.4, -0.2) is 46.6 Å². The molecule has 0 aliphatic rings. The molecule has 0 radical (unpaired) electrons. The zero-order chi connectivity index (χ0) is 25.7. The summed E-state index contributed by atoms with van der Waals surface area (Å²) < 4.78 is 69.3. The summed E-state index contributed by atoms with van der Waals surface area (Å²) >= 11 is 0.830. The number of fused-ring (bicyclic) bond motifs is 1. The molecule has 4 N–H and O–H groups in total. The van der Waals surface area contributed by atoms with Gasteiger partial charge in [0.15, 0.2) is 0 Å². The summed E-state index contributed by atoms with van der Waals surface area (Å²) in [6.07, 6.45) is -5.29. The second kappa shape index (κ2) is 11.3. The van der Waals surface area contributed by atoms with Crippen molar-refractivity contribution in [3.63, 3.8) is 0 Å². The number of benzene rings is 1. The van der Waals surface area contributed by atoms with E-state index in [4.69, 9.17) is 19.1 Å². The molecule has 34 heavy (non-hydrogen) atoms. The van der Waals surface area contributed by atoms with E-state index < -0.39 is 50.0 Å². The third-order valence-corrected chi connectivity index (χ3v) is 5.92. The number of hydrogen-bond donors (Lipinski definition) is 4. The van der Waals surface area contributed by atoms with Gasteiger partial charge in [-0.15, -0.1) is 13.2 Å². The lowest BCUT2D eigenvalue weighted by Gasteiger charge is -2.22. The number of thiazole rings is 1. The third kappa shape index (κ3) is 8.70. The molecule has 0 saturated carbocycles. The van der Waals surface area contributed by atoms with Gasteiger partial charge in [-0.1, -0.05) is 11.3 Å². The zero-order valence-electron chi connectivity index (χ0n) is 18.2. The number of rotatable bonds is 12. The number of aromatic nitrogens is 1. The molecule has 0 saturated heterocycles. The average Bonchev–Trinajstić information content (AvgIpc) is 3.11. The van der Waals surface area contributed by atoms with Gasteiger partial charge in [-0.2, -0.15) is 10.1 Å². The summed E-state index contributed by atoms with van der Waals surface area (Å²) in [6, 6.07) is 0.922. The standard InChI is InChI=1S/C17H22F3N4O8PS/c1-8(2)29-15(27)10(4)22-31-33(28,24-9(3)14(25)26)32-23-16-21-12-6-5-11(7-13(12)34-16)30-17(18,19)20/h5-10,22H,1-4H3,(H,21,23)(H,24,28)(H,25,26). The number of carbonyl (C=O) groups is 2. The van der Waals surface area contributed by atoms with Crippen LogP contribution >= 0.6 is 19.1 Å². The number of esters is 1. The van der Waals surface area contributed by atoms with E-state index in [0.717, 1.165) is 30.4 Å². The maximum absolute atomic E-state index is 13.0. The van der Waals surface area contributed by atoms with Crippen molar-refractivity contribution in [1.82, 2.24) is 15.6 Å². The SMILES string of the molecule is CC(C)OC(=O)C(C)NOP(=O)(NC(C)C(=O)O)ONc1nc2ccc(OC(F)(F)F)cc2s1. The summed E-state index contributed by atoms with van der Waals surface area (Å²) in [4.78, 5) is 27.1. The first-order chi connectivity index (χ1) is 15.7. The first kappa shape index (κ1) is 27.8.